The molecule has 0 aromatic heterocycles. The molecule has 0 radical (unpaired) electrons. The molecule has 0 heterocycles. The van der Waals surface area contributed by atoms with Crippen molar-refractivity contribution in [3.63, 3.8) is 0 Å². The molecule has 0 aliphatic heterocycles. The predicted molar refractivity (Wildman–Crippen MR) is 86.2 cm³/mol. The number of methoxy groups -OCH3 is 1. The van der Waals surface area contributed by atoms with Crippen LogP contribution < -0.4 is 10.5 Å². The highest BCUT2D eigenvalue weighted by Gasteiger charge is 2.38. The van der Waals surface area contributed by atoms with Gasteiger partial charge in [-0.1, -0.05) is 39.8 Å². The van der Waals surface area contributed by atoms with Crippen molar-refractivity contribution in [1.82, 2.24) is 4.90 Å². The average Bonchev–Trinajstić information content (AvgIpc) is 2.52. The first-order valence-electron chi connectivity index (χ1n) is 7.74. The molecule has 114 valence electrons. The second-order valence-corrected chi connectivity index (χ2v) is 5.24. The molecular formula is C17H30N2O. The number of ether oxygens (including phenoxy) is 1. The maximum Gasteiger partial charge on any atom is 0.119 e. The fourth-order valence-electron chi connectivity index (χ4n) is 3.33. The SMILES string of the molecule is CCN(CC)C(CC)(CC)C(N)c1cccc(OC)c1. The number of likely N-dealkylation sites (N-methyl/N-ethyl adjacent to an activating group) is 1. The van der Waals surface area contributed by atoms with Crippen LogP contribution in [0.2, 0.25) is 0 Å². The first-order chi connectivity index (χ1) is 9.59. The third-order valence-corrected chi connectivity index (χ3v) is 4.65. The molecule has 0 amide bonds. The molecule has 2 N–H and O–H groups in total. The Morgan fingerprint density at radius 1 is 1.15 bits per heavy atom. The number of hydrogen-bond donors (Lipinski definition) is 1. The fourth-order valence-corrected chi connectivity index (χ4v) is 3.33. The van der Waals surface area contributed by atoms with Gasteiger partial charge in [-0.3, -0.25) is 4.90 Å². The van der Waals surface area contributed by atoms with E-state index in [9.17, 15) is 0 Å². The van der Waals surface area contributed by atoms with Crippen molar-refractivity contribution >= 4 is 0 Å². The number of rotatable bonds is 8. The first kappa shape index (κ1) is 17.0. The van der Waals surface area contributed by atoms with E-state index in [1.165, 1.54) is 0 Å². The van der Waals surface area contributed by atoms with Crippen molar-refractivity contribution in [2.24, 2.45) is 5.73 Å². The number of nitrogens with zero attached hydrogens (tertiary/aromatic N) is 1. The van der Waals surface area contributed by atoms with Gasteiger partial charge in [-0.25, -0.2) is 0 Å². The van der Waals surface area contributed by atoms with Crippen molar-refractivity contribution in [2.45, 2.75) is 52.1 Å². The monoisotopic (exact) mass is 278 g/mol. The summed E-state index contributed by atoms with van der Waals surface area (Å²) in [5, 5.41) is 0. The zero-order valence-electron chi connectivity index (χ0n) is 13.6. The van der Waals surface area contributed by atoms with Gasteiger partial charge >= 0.3 is 0 Å². The number of nitrogens with two attached hydrogens (primary N) is 1. The quantitative estimate of drug-likeness (QED) is 0.789. The van der Waals surface area contributed by atoms with Crippen LogP contribution in [0.5, 0.6) is 5.75 Å². The maximum atomic E-state index is 6.67. The van der Waals surface area contributed by atoms with E-state index in [1.807, 2.05) is 12.1 Å². The highest BCUT2D eigenvalue weighted by atomic mass is 16.5. The largest absolute Gasteiger partial charge is 0.497 e. The number of hydrogen-bond acceptors (Lipinski definition) is 3. The van der Waals surface area contributed by atoms with E-state index >= 15 is 0 Å². The average molecular weight is 278 g/mol. The summed E-state index contributed by atoms with van der Waals surface area (Å²) in [6.07, 6.45) is 2.09. The lowest BCUT2D eigenvalue weighted by Crippen LogP contribution is -2.54. The molecule has 1 aromatic carbocycles. The van der Waals surface area contributed by atoms with Crippen molar-refractivity contribution in [3.05, 3.63) is 29.8 Å². The molecule has 1 rings (SSSR count). The molecule has 1 unspecified atom stereocenters. The van der Waals surface area contributed by atoms with E-state index in [2.05, 4.69) is 44.7 Å². The smallest absolute Gasteiger partial charge is 0.119 e. The molecule has 0 saturated carbocycles. The molecule has 1 atom stereocenters. The van der Waals surface area contributed by atoms with Gasteiger partial charge < -0.3 is 10.5 Å². The van der Waals surface area contributed by atoms with Crippen LogP contribution >= 0.6 is 0 Å². The van der Waals surface area contributed by atoms with Crippen LogP contribution in [-0.4, -0.2) is 30.6 Å². The van der Waals surface area contributed by atoms with E-state index in [4.69, 9.17) is 10.5 Å². The van der Waals surface area contributed by atoms with E-state index in [-0.39, 0.29) is 11.6 Å². The lowest BCUT2D eigenvalue weighted by Gasteiger charge is -2.46. The third-order valence-electron chi connectivity index (χ3n) is 4.65. The molecular weight excluding hydrogens is 248 g/mol. The van der Waals surface area contributed by atoms with Gasteiger partial charge in [0, 0.05) is 11.6 Å². The minimum absolute atomic E-state index is 0.00694. The second kappa shape index (κ2) is 7.65. The zero-order valence-corrected chi connectivity index (χ0v) is 13.6. The Hall–Kier alpha value is -1.06. The van der Waals surface area contributed by atoms with Crippen molar-refractivity contribution in [2.75, 3.05) is 20.2 Å². The van der Waals surface area contributed by atoms with Crippen LogP contribution in [0.3, 0.4) is 0 Å². The Morgan fingerprint density at radius 3 is 2.20 bits per heavy atom. The Bertz CT molecular complexity index is 398. The van der Waals surface area contributed by atoms with E-state index < -0.39 is 0 Å². The summed E-state index contributed by atoms with van der Waals surface area (Å²) in [5.74, 6) is 0.874. The van der Waals surface area contributed by atoms with Crippen molar-refractivity contribution in [3.8, 4) is 5.75 Å². The van der Waals surface area contributed by atoms with Gasteiger partial charge in [-0.05, 0) is 43.6 Å². The number of benzene rings is 1. The zero-order chi connectivity index (χ0) is 15.2. The summed E-state index contributed by atoms with van der Waals surface area (Å²) in [5.41, 5.74) is 7.84. The van der Waals surface area contributed by atoms with Gasteiger partial charge in [0.2, 0.25) is 0 Å². The normalized spacial score (nSPS) is 13.6. The van der Waals surface area contributed by atoms with E-state index in [1.54, 1.807) is 7.11 Å². The maximum absolute atomic E-state index is 6.67. The molecule has 3 heteroatoms. The summed E-state index contributed by atoms with van der Waals surface area (Å²) in [4.78, 5) is 2.50. The van der Waals surface area contributed by atoms with Gasteiger partial charge in [0.1, 0.15) is 5.75 Å². The fraction of sp³-hybridized carbons (Fsp3) is 0.647. The van der Waals surface area contributed by atoms with Crippen LogP contribution in [0.1, 0.15) is 52.1 Å². The summed E-state index contributed by atoms with van der Waals surface area (Å²) >= 11 is 0. The molecule has 0 bridgehead atoms. The Labute approximate surface area is 124 Å². The predicted octanol–water partition coefficient (Wildman–Crippen LogP) is 3.60. The Balaban J connectivity index is 3.18. The van der Waals surface area contributed by atoms with Gasteiger partial charge in [-0.2, -0.15) is 0 Å². The van der Waals surface area contributed by atoms with Gasteiger partial charge in [-0.15, -0.1) is 0 Å². The molecule has 0 fully saturated rings. The first-order valence-corrected chi connectivity index (χ1v) is 7.74. The van der Waals surface area contributed by atoms with Crippen LogP contribution in [0.4, 0.5) is 0 Å². The third kappa shape index (κ3) is 3.15. The van der Waals surface area contributed by atoms with Crippen LogP contribution in [0, 0.1) is 0 Å². The van der Waals surface area contributed by atoms with Crippen LogP contribution in [0.25, 0.3) is 0 Å². The van der Waals surface area contributed by atoms with Crippen LogP contribution in [-0.2, 0) is 0 Å². The minimum Gasteiger partial charge on any atom is -0.497 e. The molecule has 0 aliphatic rings. The summed E-state index contributed by atoms with van der Waals surface area (Å²) < 4.78 is 5.33. The van der Waals surface area contributed by atoms with Crippen molar-refractivity contribution < 1.29 is 4.74 Å². The Morgan fingerprint density at radius 2 is 1.75 bits per heavy atom. The molecule has 1 aromatic rings. The molecule has 20 heavy (non-hydrogen) atoms. The molecule has 0 spiro atoms. The highest BCUT2D eigenvalue weighted by Crippen LogP contribution is 2.36. The summed E-state index contributed by atoms with van der Waals surface area (Å²) in [7, 11) is 1.70. The lowest BCUT2D eigenvalue weighted by molar-refractivity contribution is 0.0624. The van der Waals surface area contributed by atoms with Gasteiger partial charge in [0.05, 0.1) is 7.11 Å². The highest BCUT2D eigenvalue weighted by molar-refractivity contribution is 5.32. The standard InChI is InChI=1S/C17H30N2O/c1-6-17(7-2,19(8-3)9-4)16(18)14-11-10-12-15(13-14)20-5/h10-13,16H,6-9,18H2,1-5H3. The van der Waals surface area contributed by atoms with E-state index in [0.717, 1.165) is 37.2 Å². The summed E-state index contributed by atoms with van der Waals surface area (Å²) in [6, 6.07) is 8.15. The summed E-state index contributed by atoms with van der Waals surface area (Å²) in [6.45, 7) is 10.9. The van der Waals surface area contributed by atoms with Crippen LogP contribution in [0.15, 0.2) is 24.3 Å². The van der Waals surface area contributed by atoms with E-state index in [0.29, 0.717) is 0 Å². The molecule has 0 aliphatic carbocycles. The van der Waals surface area contributed by atoms with Gasteiger partial charge in [0.25, 0.3) is 0 Å². The molecule has 0 saturated heterocycles. The molecule has 3 nitrogen and oxygen atoms in total. The minimum atomic E-state index is -0.00694. The van der Waals surface area contributed by atoms with Crippen molar-refractivity contribution in [1.29, 1.82) is 0 Å². The van der Waals surface area contributed by atoms with Gasteiger partial charge in [0.15, 0.2) is 0 Å². The topological polar surface area (TPSA) is 38.5 Å². The second-order valence-electron chi connectivity index (χ2n) is 5.24. The lowest BCUT2D eigenvalue weighted by atomic mass is 9.79. The Kier molecular flexibility index (Phi) is 6.50.